The van der Waals surface area contributed by atoms with Crippen LogP contribution in [0.3, 0.4) is 0 Å². The van der Waals surface area contributed by atoms with Gasteiger partial charge in [0.1, 0.15) is 0 Å². The molecule has 0 aromatic carbocycles. The molecule has 3 nitrogen and oxygen atoms in total. The van der Waals surface area contributed by atoms with Gasteiger partial charge in [-0.3, -0.25) is 4.98 Å². The number of hydrogen-bond donors (Lipinski definition) is 1. The van der Waals surface area contributed by atoms with E-state index in [1.165, 1.54) is 45.3 Å². The second-order valence-electron chi connectivity index (χ2n) is 5.32. The minimum Gasteiger partial charge on any atom is -0.308 e. The van der Waals surface area contributed by atoms with Crippen molar-refractivity contribution in [1.82, 2.24) is 15.2 Å². The highest BCUT2D eigenvalue weighted by molar-refractivity contribution is 9.10. The maximum atomic E-state index is 4.40. The summed E-state index contributed by atoms with van der Waals surface area (Å²) >= 11 is 3.41. The maximum absolute atomic E-state index is 4.40. The highest BCUT2D eigenvalue weighted by Gasteiger charge is 2.18. The van der Waals surface area contributed by atoms with Crippen LogP contribution in [-0.4, -0.2) is 35.6 Å². The molecule has 0 radical (unpaired) electrons. The molecule has 4 heteroatoms. The largest absolute Gasteiger partial charge is 0.308 e. The number of pyridine rings is 1. The molecule has 1 aliphatic rings. The Morgan fingerprint density at radius 1 is 1.37 bits per heavy atom. The molecule has 1 aliphatic heterocycles. The molecular formula is C15H24BrN3. The van der Waals surface area contributed by atoms with Crippen LogP contribution < -0.4 is 5.32 Å². The van der Waals surface area contributed by atoms with E-state index >= 15 is 0 Å². The van der Waals surface area contributed by atoms with E-state index in [2.05, 4.69) is 50.2 Å². The Balaban J connectivity index is 1.67. The second-order valence-corrected chi connectivity index (χ2v) is 6.23. The molecule has 2 rings (SSSR count). The first-order valence-electron chi connectivity index (χ1n) is 7.34. The summed E-state index contributed by atoms with van der Waals surface area (Å²) in [4.78, 5) is 7.00. The van der Waals surface area contributed by atoms with Crippen LogP contribution in [0.15, 0.2) is 22.8 Å². The van der Waals surface area contributed by atoms with E-state index in [1.807, 2.05) is 6.20 Å². The molecule has 0 amide bonds. The molecule has 1 aromatic rings. The Morgan fingerprint density at radius 2 is 2.16 bits per heavy atom. The van der Waals surface area contributed by atoms with Crippen LogP contribution in [0.25, 0.3) is 0 Å². The van der Waals surface area contributed by atoms with E-state index in [-0.39, 0.29) is 0 Å². The summed E-state index contributed by atoms with van der Waals surface area (Å²) in [7, 11) is 0. The molecule has 0 aliphatic carbocycles. The molecule has 1 N–H and O–H groups in total. The number of unbranched alkanes of at least 4 members (excludes halogenated alkanes) is 1. The standard InChI is InChI=1S/C15H24BrN3/c1-2-3-8-19-9-6-14(7-10-19)18-12-15-5-4-13(16)11-17-15/h4-5,11,14,18H,2-3,6-10,12H2,1H3. The van der Waals surface area contributed by atoms with Gasteiger partial charge < -0.3 is 10.2 Å². The lowest BCUT2D eigenvalue weighted by Crippen LogP contribution is -2.42. The summed E-state index contributed by atoms with van der Waals surface area (Å²) in [5.41, 5.74) is 1.12. The minimum atomic E-state index is 0.656. The summed E-state index contributed by atoms with van der Waals surface area (Å²) in [5, 5.41) is 3.63. The van der Waals surface area contributed by atoms with Crippen molar-refractivity contribution >= 4 is 15.9 Å². The Bertz CT molecular complexity index is 358. The van der Waals surface area contributed by atoms with Crippen molar-refractivity contribution in [1.29, 1.82) is 0 Å². The predicted octanol–water partition coefficient (Wildman–Crippen LogP) is 3.20. The number of nitrogens with zero attached hydrogens (tertiary/aromatic N) is 2. The number of rotatable bonds is 6. The third kappa shape index (κ3) is 5.21. The number of piperidine rings is 1. The van der Waals surface area contributed by atoms with Crippen LogP contribution in [-0.2, 0) is 6.54 Å². The Morgan fingerprint density at radius 3 is 2.79 bits per heavy atom. The van der Waals surface area contributed by atoms with Crippen molar-refractivity contribution in [3.63, 3.8) is 0 Å². The molecule has 1 saturated heterocycles. The van der Waals surface area contributed by atoms with Crippen LogP contribution in [0.5, 0.6) is 0 Å². The summed E-state index contributed by atoms with van der Waals surface area (Å²) in [5.74, 6) is 0. The monoisotopic (exact) mass is 325 g/mol. The van der Waals surface area contributed by atoms with Crippen molar-refractivity contribution in [2.75, 3.05) is 19.6 Å². The Hall–Kier alpha value is -0.450. The number of likely N-dealkylation sites (tertiary alicyclic amines) is 1. The van der Waals surface area contributed by atoms with E-state index in [9.17, 15) is 0 Å². The molecule has 1 aromatic heterocycles. The number of hydrogen-bond acceptors (Lipinski definition) is 3. The molecule has 1 fully saturated rings. The van der Waals surface area contributed by atoms with Crippen LogP contribution in [0.1, 0.15) is 38.3 Å². The summed E-state index contributed by atoms with van der Waals surface area (Å²) in [6.45, 7) is 6.90. The summed E-state index contributed by atoms with van der Waals surface area (Å²) in [6.07, 6.45) is 7.03. The molecular weight excluding hydrogens is 302 g/mol. The van der Waals surface area contributed by atoms with Gasteiger partial charge >= 0.3 is 0 Å². The number of nitrogens with one attached hydrogen (secondary N) is 1. The van der Waals surface area contributed by atoms with Crippen molar-refractivity contribution in [3.05, 3.63) is 28.5 Å². The van der Waals surface area contributed by atoms with E-state index in [0.717, 1.165) is 16.7 Å². The van der Waals surface area contributed by atoms with E-state index in [1.54, 1.807) is 0 Å². The first kappa shape index (κ1) is 14.9. The van der Waals surface area contributed by atoms with Gasteiger partial charge in [0, 0.05) is 23.3 Å². The van der Waals surface area contributed by atoms with Crippen molar-refractivity contribution in [2.45, 2.75) is 45.2 Å². The van der Waals surface area contributed by atoms with Gasteiger partial charge in [-0.05, 0) is 67.0 Å². The zero-order chi connectivity index (χ0) is 13.5. The molecule has 0 spiro atoms. The molecule has 2 heterocycles. The van der Waals surface area contributed by atoms with E-state index < -0.39 is 0 Å². The fourth-order valence-corrected chi connectivity index (χ4v) is 2.74. The SMILES string of the molecule is CCCCN1CCC(NCc2ccc(Br)cn2)CC1. The molecule has 0 bridgehead atoms. The van der Waals surface area contributed by atoms with Crippen LogP contribution in [0.4, 0.5) is 0 Å². The number of halogens is 1. The zero-order valence-electron chi connectivity index (χ0n) is 11.7. The molecule has 0 unspecified atom stereocenters. The van der Waals surface area contributed by atoms with Gasteiger partial charge in [-0.25, -0.2) is 0 Å². The summed E-state index contributed by atoms with van der Waals surface area (Å²) in [6, 6.07) is 4.79. The van der Waals surface area contributed by atoms with Gasteiger partial charge in [-0.15, -0.1) is 0 Å². The van der Waals surface area contributed by atoms with Crippen LogP contribution >= 0.6 is 15.9 Å². The fourth-order valence-electron chi connectivity index (χ4n) is 2.50. The minimum absolute atomic E-state index is 0.656. The molecule has 0 atom stereocenters. The predicted molar refractivity (Wildman–Crippen MR) is 83.1 cm³/mol. The smallest absolute Gasteiger partial charge is 0.0542 e. The lowest BCUT2D eigenvalue weighted by atomic mass is 10.0. The second kappa shape index (κ2) is 7.98. The summed E-state index contributed by atoms with van der Waals surface area (Å²) < 4.78 is 1.04. The van der Waals surface area contributed by atoms with Gasteiger partial charge in [0.2, 0.25) is 0 Å². The molecule has 19 heavy (non-hydrogen) atoms. The van der Waals surface area contributed by atoms with Gasteiger partial charge in [0.25, 0.3) is 0 Å². The molecule has 106 valence electrons. The third-order valence-electron chi connectivity index (χ3n) is 3.78. The van der Waals surface area contributed by atoms with Crippen molar-refractivity contribution in [2.24, 2.45) is 0 Å². The lowest BCUT2D eigenvalue weighted by molar-refractivity contribution is 0.194. The first-order chi connectivity index (χ1) is 9.28. The number of aromatic nitrogens is 1. The third-order valence-corrected chi connectivity index (χ3v) is 4.25. The van der Waals surface area contributed by atoms with Gasteiger partial charge in [0.15, 0.2) is 0 Å². The highest BCUT2D eigenvalue weighted by atomic mass is 79.9. The van der Waals surface area contributed by atoms with Gasteiger partial charge in [-0.1, -0.05) is 13.3 Å². The fraction of sp³-hybridized carbons (Fsp3) is 0.667. The highest BCUT2D eigenvalue weighted by Crippen LogP contribution is 2.12. The van der Waals surface area contributed by atoms with Gasteiger partial charge in [0.05, 0.1) is 5.69 Å². The van der Waals surface area contributed by atoms with E-state index in [0.29, 0.717) is 6.04 Å². The Labute approximate surface area is 124 Å². The Kier molecular flexibility index (Phi) is 6.28. The average molecular weight is 326 g/mol. The van der Waals surface area contributed by atoms with Gasteiger partial charge in [-0.2, -0.15) is 0 Å². The van der Waals surface area contributed by atoms with Crippen molar-refractivity contribution < 1.29 is 0 Å². The zero-order valence-corrected chi connectivity index (χ0v) is 13.3. The topological polar surface area (TPSA) is 28.2 Å². The lowest BCUT2D eigenvalue weighted by Gasteiger charge is -2.32. The van der Waals surface area contributed by atoms with Crippen molar-refractivity contribution in [3.8, 4) is 0 Å². The quantitative estimate of drug-likeness (QED) is 0.870. The van der Waals surface area contributed by atoms with E-state index in [4.69, 9.17) is 0 Å². The average Bonchev–Trinajstić information content (AvgIpc) is 2.46. The van der Waals surface area contributed by atoms with Crippen LogP contribution in [0, 0.1) is 0 Å². The molecule has 0 saturated carbocycles. The normalized spacial score (nSPS) is 17.8. The first-order valence-corrected chi connectivity index (χ1v) is 8.13. The maximum Gasteiger partial charge on any atom is 0.0542 e. The van der Waals surface area contributed by atoms with Crippen LogP contribution in [0.2, 0.25) is 0 Å².